The maximum atomic E-state index is 12.9. The Hall–Kier alpha value is -2.58. The van der Waals surface area contributed by atoms with Gasteiger partial charge in [-0.05, 0) is 12.1 Å². The van der Waals surface area contributed by atoms with Gasteiger partial charge in [-0.25, -0.2) is 0 Å². The van der Waals surface area contributed by atoms with E-state index in [-0.39, 0.29) is 21.0 Å². The lowest BCUT2D eigenvalue weighted by atomic mass is 10.1. The van der Waals surface area contributed by atoms with E-state index in [0.29, 0.717) is 5.52 Å². The van der Waals surface area contributed by atoms with Gasteiger partial charge in [0.25, 0.3) is 5.91 Å². The number of carbonyl (C=O) groups excluding carboxylic acids is 1. The lowest BCUT2D eigenvalue weighted by Gasteiger charge is -2.07. The molecular weight excluding hydrogens is 263 g/mol. The quantitative estimate of drug-likeness (QED) is 0.701. The van der Waals surface area contributed by atoms with E-state index in [2.05, 4.69) is 15.3 Å². The third-order valence-electron chi connectivity index (χ3n) is 2.74. The summed E-state index contributed by atoms with van der Waals surface area (Å²) >= 11 is 0. The van der Waals surface area contributed by atoms with Crippen molar-refractivity contribution in [2.75, 3.05) is 0 Å². The van der Waals surface area contributed by atoms with Crippen molar-refractivity contribution in [1.82, 2.24) is 20.0 Å². The van der Waals surface area contributed by atoms with E-state index in [4.69, 9.17) is 5.73 Å². The highest BCUT2D eigenvalue weighted by Crippen LogP contribution is 2.32. The van der Waals surface area contributed by atoms with Crippen molar-refractivity contribution < 1.29 is 18.0 Å². The molecule has 0 aliphatic rings. The Balaban J connectivity index is 2.54. The fourth-order valence-corrected chi connectivity index (χ4v) is 1.99. The summed E-state index contributed by atoms with van der Waals surface area (Å²) in [7, 11) is 0. The zero-order valence-corrected chi connectivity index (χ0v) is 9.19. The standard InChI is InChI=1S/C10H6F3N5O/c11-10(12,13)18-8-4(7(17-18)9(14)19)1-2-6-5(8)3-15-16-6/h1-3H,(H2,14,19)(H,15,16). The van der Waals surface area contributed by atoms with Crippen molar-refractivity contribution in [3.63, 3.8) is 0 Å². The maximum Gasteiger partial charge on any atom is 0.505 e. The molecule has 3 rings (SSSR count). The van der Waals surface area contributed by atoms with Crippen LogP contribution in [0.4, 0.5) is 13.2 Å². The van der Waals surface area contributed by atoms with Crippen molar-refractivity contribution >= 4 is 27.7 Å². The molecule has 3 aromatic rings. The first-order chi connectivity index (χ1) is 8.89. The van der Waals surface area contributed by atoms with Gasteiger partial charge < -0.3 is 5.73 Å². The van der Waals surface area contributed by atoms with Gasteiger partial charge in [-0.2, -0.15) is 14.9 Å². The van der Waals surface area contributed by atoms with Gasteiger partial charge in [0.1, 0.15) is 0 Å². The molecule has 0 spiro atoms. The number of primary amides is 1. The summed E-state index contributed by atoms with van der Waals surface area (Å²) < 4.78 is 38.7. The highest BCUT2D eigenvalue weighted by molar-refractivity contribution is 6.12. The van der Waals surface area contributed by atoms with Crippen molar-refractivity contribution in [3.05, 3.63) is 24.0 Å². The van der Waals surface area contributed by atoms with E-state index < -0.39 is 17.9 Å². The Kier molecular flexibility index (Phi) is 2.10. The minimum Gasteiger partial charge on any atom is -0.364 e. The van der Waals surface area contributed by atoms with Crippen LogP contribution in [0.3, 0.4) is 0 Å². The minimum absolute atomic E-state index is 0.0405. The fraction of sp³-hybridized carbons (Fsp3) is 0.100. The predicted octanol–water partition coefficient (Wildman–Crippen LogP) is 1.49. The highest BCUT2D eigenvalue weighted by atomic mass is 19.4. The zero-order chi connectivity index (χ0) is 13.8. The number of H-pyrrole nitrogens is 1. The molecule has 0 atom stereocenters. The largest absolute Gasteiger partial charge is 0.505 e. The normalized spacial score (nSPS) is 12.4. The smallest absolute Gasteiger partial charge is 0.364 e. The average Bonchev–Trinajstić information content (AvgIpc) is 2.90. The Morgan fingerprint density at radius 2 is 2.05 bits per heavy atom. The number of halogens is 3. The molecule has 1 amide bonds. The molecule has 98 valence electrons. The third-order valence-corrected chi connectivity index (χ3v) is 2.74. The SMILES string of the molecule is NC(=O)c1nn(C(F)(F)F)c2c1ccc1[nH]ncc12. The molecule has 19 heavy (non-hydrogen) atoms. The van der Waals surface area contributed by atoms with Crippen LogP contribution in [-0.4, -0.2) is 25.9 Å². The summed E-state index contributed by atoms with van der Waals surface area (Å²) in [6, 6.07) is 2.87. The molecule has 9 heteroatoms. The van der Waals surface area contributed by atoms with Gasteiger partial charge in [-0.15, -0.1) is 13.2 Å². The molecule has 0 aliphatic heterocycles. The van der Waals surface area contributed by atoms with E-state index >= 15 is 0 Å². The number of aromatic nitrogens is 4. The number of nitrogens with zero attached hydrogens (tertiary/aromatic N) is 3. The molecule has 0 unspecified atom stereocenters. The van der Waals surface area contributed by atoms with Crippen molar-refractivity contribution in [2.24, 2.45) is 5.73 Å². The van der Waals surface area contributed by atoms with Gasteiger partial charge in [0, 0.05) is 10.8 Å². The second-order valence-electron chi connectivity index (χ2n) is 3.89. The molecule has 1 aromatic carbocycles. The van der Waals surface area contributed by atoms with Crippen molar-refractivity contribution in [2.45, 2.75) is 6.30 Å². The van der Waals surface area contributed by atoms with Crippen LogP contribution in [0, 0.1) is 0 Å². The lowest BCUT2D eigenvalue weighted by Crippen LogP contribution is -2.20. The van der Waals surface area contributed by atoms with Crippen molar-refractivity contribution in [3.8, 4) is 0 Å². The molecule has 6 nitrogen and oxygen atoms in total. The molecule has 2 heterocycles. The predicted molar refractivity (Wildman–Crippen MR) is 59.2 cm³/mol. The zero-order valence-electron chi connectivity index (χ0n) is 9.19. The number of alkyl halides is 3. The third kappa shape index (κ3) is 1.54. The summed E-state index contributed by atoms with van der Waals surface area (Å²) in [6.45, 7) is 0. The Labute approximate surface area is 103 Å². The molecule has 0 bridgehead atoms. The molecule has 3 N–H and O–H groups in total. The van der Waals surface area contributed by atoms with Crippen LogP contribution in [0.1, 0.15) is 10.5 Å². The number of hydrogen-bond donors (Lipinski definition) is 2. The second kappa shape index (κ2) is 3.46. The van der Waals surface area contributed by atoms with Crippen LogP contribution in [0.5, 0.6) is 0 Å². The van der Waals surface area contributed by atoms with Crippen LogP contribution in [0.2, 0.25) is 0 Å². The second-order valence-corrected chi connectivity index (χ2v) is 3.89. The number of nitrogens with two attached hydrogens (primary N) is 1. The number of fused-ring (bicyclic) bond motifs is 3. The van der Waals surface area contributed by atoms with Crippen LogP contribution in [-0.2, 0) is 6.30 Å². The Bertz CT molecular complexity index is 801. The molecule has 0 saturated carbocycles. The number of aromatic amines is 1. The molecule has 0 fully saturated rings. The molecular formula is C10H6F3N5O. The van der Waals surface area contributed by atoms with Crippen LogP contribution >= 0.6 is 0 Å². The molecule has 0 aliphatic carbocycles. The summed E-state index contributed by atoms with van der Waals surface area (Å²) in [5.41, 5.74) is 4.80. The average molecular weight is 269 g/mol. The molecule has 2 aromatic heterocycles. The lowest BCUT2D eigenvalue weighted by molar-refractivity contribution is -0.209. The van der Waals surface area contributed by atoms with E-state index in [9.17, 15) is 18.0 Å². The number of nitrogens with one attached hydrogen (secondary N) is 1. The van der Waals surface area contributed by atoms with Gasteiger partial charge in [0.15, 0.2) is 5.69 Å². The molecule has 0 saturated heterocycles. The first kappa shape index (κ1) is 11.5. The van der Waals surface area contributed by atoms with Crippen molar-refractivity contribution in [1.29, 1.82) is 0 Å². The number of carbonyl (C=O) groups is 1. The summed E-state index contributed by atoms with van der Waals surface area (Å²) in [4.78, 5) is 11.2. The highest BCUT2D eigenvalue weighted by Gasteiger charge is 2.36. The minimum atomic E-state index is -4.75. The Morgan fingerprint density at radius 1 is 1.32 bits per heavy atom. The first-order valence-corrected chi connectivity index (χ1v) is 5.11. The fourth-order valence-electron chi connectivity index (χ4n) is 1.99. The van der Waals surface area contributed by atoms with Gasteiger partial charge >= 0.3 is 6.30 Å². The van der Waals surface area contributed by atoms with Gasteiger partial charge in [-0.1, -0.05) is 0 Å². The van der Waals surface area contributed by atoms with Crippen LogP contribution < -0.4 is 5.73 Å². The number of amides is 1. The van der Waals surface area contributed by atoms with Crippen LogP contribution in [0.15, 0.2) is 18.3 Å². The number of hydrogen-bond acceptors (Lipinski definition) is 3. The molecule has 0 radical (unpaired) electrons. The van der Waals surface area contributed by atoms with E-state index in [0.717, 1.165) is 0 Å². The number of benzene rings is 1. The topological polar surface area (TPSA) is 89.6 Å². The monoisotopic (exact) mass is 269 g/mol. The van der Waals surface area contributed by atoms with E-state index in [1.165, 1.54) is 18.3 Å². The summed E-state index contributed by atoms with van der Waals surface area (Å²) in [5.74, 6) is -1.02. The maximum absolute atomic E-state index is 12.9. The van der Waals surface area contributed by atoms with Crippen LogP contribution in [0.25, 0.3) is 21.8 Å². The van der Waals surface area contributed by atoms with Gasteiger partial charge in [-0.3, -0.25) is 9.89 Å². The van der Waals surface area contributed by atoms with E-state index in [1.54, 1.807) is 0 Å². The number of rotatable bonds is 1. The van der Waals surface area contributed by atoms with Gasteiger partial charge in [0.05, 0.1) is 17.2 Å². The van der Waals surface area contributed by atoms with E-state index in [1.807, 2.05) is 0 Å². The summed E-state index contributed by atoms with van der Waals surface area (Å²) in [6.07, 6.45) is -3.51. The Morgan fingerprint density at radius 3 is 2.68 bits per heavy atom. The summed E-state index contributed by atoms with van der Waals surface area (Å²) in [5, 5.41) is 9.76. The van der Waals surface area contributed by atoms with Gasteiger partial charge in [0.2, 0.25) is 0 Å². The first-order valence-electron chi connectivity index (χ1n) is 5.11.